The molecule has 1 aliphatic rings. The number of nitrogens with zero attached hydrogens (tertiary/aromatic N) is 2. The van der Waals surface area contributed by atoms with Crippen LogP contribution in [0.15, 0.2) is 42.6 Å². The first-order valence-electron chi connectivity index (χ1n) is 9.42. The summed E-state index contributed by atoms with van der Waals surface area (Å²) in [4.78, 5) is 19.0. The molecule has 0 bridgehead atoms. The smallest absolute Gasteiger partial charge is 0.252 e. The average molecular weight is 369 g/mol. The molecule has 6 nitrogen and oxygen atoms in total. The second-order valence-corrected chi connectivity index (χ2v) is 6.85. The molecule has 1 aliphatic heterocycles. The summed E-state index contributed by atoms with van der Waals surface area (Å²) in [6, 6.07) is 11.1. The molecule has 0 spiro atoms. The largest absolute Gasteiger partial charge is 0.497 e. The Kier molecular flexibility index (Phi) is 6.52. The van der Waals surface area contributed by atoms with Crippen molar-refractivity contribution in [3.63, 3.8) is 0 Å². The highest BCUT2D eigenvalue weighted by Gasteiger charge is 2.17. The molecule has 1 amide bonds. The van der Waals surface area contributed by atoms with Crippen LogP contribution in [0.25, 0.3) is 0 Å². The number of aromatic nitrogens is 1. The lowest BCUT2D eigenvalue weighted by Crippen LogP contribution is -2.33. The second-order valence-electron chi connectivity index (χ2n) is 6.85. The van der Waals surface area contributed by atoms with Crippen molar-refractivity contribution in [3.05, 3.63) is 48.2 Å². The van der Waals surface area contributed by atoms with Gasteiger partial charge in [-0.1, -0.05) is 6.92 Å². The normalized spacial score (nSPS) is 14.7. The highest BCUT2D eigenvalue weighted by Crippen LogP contribution is 2.21. The fourth-order valence-electron chi connectivity index (χ4n) is 3.05. The van der Waals surface area contributed by atoms with Gasteiger partial charge in [0, 0.05) is 19.3 Å². The van der Waals surface area contributed by atoms with Gasteiger partial charge in [-0.15, -0.1) is 0 Å². The van der Waals surface area contributed by atoms with E-state index in [1.54, 1.807) is 13.3 Å². The summed E-state index contributed by atoms with van der Waals surface area (Å²) >= 11 is 0. The van der Waals surface area contributed by atoms with Gasteiger partial charge in [0.05, 0.1) is 19.2 Å². The third-order valence-corrected chi connectivity index (χ3v) is 4.83. The molecule has 144 valence electrons. The van der Waals surface area contributed by atoms with Crippen LogP contribution in [0.5, 0.6) is 11.5 Å². The fraction of sp³-hybridized carbons (Fsp3) is 0.429. The van der Waals surface area contributed by atoms with E-state index in [2.05, 4.69) is 22.1 Å². The number of rotatable bonds is 7. The summed E-state index contributed by atoms with van der Waals surface area (Å²) in [5.74, 6) is 3.12. The van der Waals surface area contributed by atoms with Gasteiger partial charge in [-0.25, -0.2) is 4.98 Å². The summed E-state index contributed by atoms with van der Waals surface area (Å²) in [5.41, 5.74) is 0.563. The topological polar surface area (TPSA) is 63.7 Å². The Bertz CT molecular complexity index is 723. The number of methoxy groups -OCH3 is 1. The monoisotopic (exact) mass is 369 g/mol. The molecule has 1 aromatic heterocycles. The van der Waals surface area contributed by atoms with Crippen LogP contribution in [0.2, 0.25) is 0 Å². The zero-order valence-corrected chi connectivity index (χ0v) is 16.0. The number of carbonyl (C=O) groups is 1. The first-order valence-corrected chi connectivity index (χ1v) is 9.42. The molecule has 0 radical (unpaired) electrons. The Hall–Kier alpha value is -2.76. The summed E-state index contributed by atoms with van der Waals surface area (Å²) in [5, 5.41) is 2.85. The number of hydrogen-bond acceptors (Lipinski definition) is 5. The van der Waals surface area contributed by atoms with Gasteiger partial charge in [0.15, 0.2) is 0 Å². The first kappa shape index (κ1) is 19.0. The van der Waals surface area contributed by atoms with E-state index in [0.717, 1.165) is 36.3 Å². The standard InChI is InChI=1S/C21H27N3O3/c1-16-9-12-24(13-10-16)20-8-3-17(15-23-20)21(25)22-11-14-27-19-6-4-18(26-2)5-7-19/h3-8,15-16H,9-14H2,1-2H3,(H,22,25). The molecule has 1 N–H and O–H groups in total. The van der Waals surface area contributed by atoms with E-state index in [1.165, 1.54) is 12.8 Å². The van der Waals surface area contributed by atoms with Crippen molar-refractivity contribution < 1.29 is 14.3 Å². The Morgan fingerprint density at radius 2 is 1.85 bits per heavy atom. The molecule has 1 aromatic carbocycles. The van der Waals surface area contributed by atoms with Gasteiger partial charge >= 0.3 is 0 Å². The number of ether oxygens (including phenoxy) is 2. The van der Waals surface area contributed by atoms with Crippen molar-refractivity contribution in [2.24, 2.45) is 5.92 Å². The van der Waals surface area contributed by atoms with Crippen LogP contribution >= 0.6 is 0 Å². The van der Waals surface area contributed by atoms with Crippen molar-refractivity contribution in [3.8, 4) is 11.5 Å². The Morgan fingerprint density at radius 3 is 2.48 bits per heavy atom. The van der Waals surface area contributed by atoms with Gasteiger partial charge in [-0.3, -0.25) is 4.79 Å². The molecule has 1 saturated heterocycles. The van der Waals surface area contributed by atoms with Crippen molar-refractivity contribution in [1.82, 2.24) is 10.3 Å². The number of benzene rings is 1. The van der Waals surface area contributed by atoms with Crippen LogP contribution in [0, 0.1) is 5.92 Å². The minimum Gasteiger partial charge on any atom is -0.497 e. The molecular weight excluding hydrogens is 342 g/mol. The van der Waals surface area contributed by atoms with Crippen LogP contribution in [0.3, 0.4) is 0 Å². The number of hydrogen-bond donors (Lipinski definition) is 1. The third-order valence-electron chi connectivity index (χ3n) is 4.83. The summed E-state index contributed by atoms with van der Waals surface area (Å²) in [7, 11) is 1.62. The summed E-state index contributed by atoms with van der Waals surface area (Å²) < 4.78 is 10.7. The van der Waals surface area contributed by atoms with Crippen LogP contribution in [-0.4, -0.2) is 44.2 Å². The summed E-state index contributed by atoms with van der Waals surface area (Å²) in [6.45, 7) is 5.17. The van der Waals surface area contributed by atoms with Gasteiger partial charge in [-0.05, 0) is 55.2 Å². The predicted octanol–water partition coefficient (Wildman–Crippen LogP) is 3.14. The highest BCUT2D eigenvalue weighted by atomic mass is 16.5. The molecule has 2 heterocycles. The maximum absolute atomic E-state index is 12.2. The molecule has 0 aliphatic carbocycles. The molecule has 0 atom stereocenters. The maximum Gasteiger partial charge on any atom is 0.252 e. The molecular formula is C21H27N3O3. The minimum atomic E-state index is -0.139. The highest BCUT2D eigenvalue weighted by molar-refractivity contribution is 5.94. The zero-order valence-electron chi connectivity index (χ0n) is 16.0. The number of anilines is 1. The van der Waals surface area contributed by atoms with Crippen LogP contribution in [0.1, 0.15) is 30.1 Å². The maximum atomic E-state index is 12.2. The lowest BCUT2D eigenvalue weighted by molar-refractivity contribution is 0.0946. The van der Waals surface area contributed by atoms with Crippen LogP contribution in [0.4, 0.5) is 5.82 Å². The van der Waals surface area contributed by atoms with Gasteiger partial charge in [0.1, 0.15) is 23.9 Å². The number of carbonyl (C=O) groups excluding carboxylic acids is 1. The Labute approximate surface area is 160 Å². The van der Waals surface area contributed by atoms with E-state index in [-0.39, 0.29) is 5.91 Å². The molecule has 3 rings (SSSR count). The van der Waals surface area contributed by atoms with Gasteiger partial charge in [0.25, 0.3) is 5.91 Å². The number of piperidine rings is 1. The SMILES string of the molecule is COc1ccc(OCCNC(=O)c2ccc(N3CCC(C)CC3)nc2)cc1. The van der Waals surface area contributed by atoms with Crippen molar-refractivity contribution in [2.45, 2.75) is 19.8 Å². The number of amides is 1. The molecule has 1 fully saturated rings. The van der Waals surface area contributed by atoms with Crippen LogP contribution < -0.4 is 19.7 Å². The predicted molar refractivity (Wildman–Crippen MR) is 106 cm³/mol. The van der Waals surface area contributed by atoms with E-state index < -0.39 is 0 Å². The van der Waals surface area contributed by atoms with Gasteiger partial charge in [-0.2, -0.15) is 0 Å². The van der Waals surface area contributed by atoms with Crippen molar-refractivity contribution in [2.75, 3.05) is 38.3 Å². The van der Waals surface area contributed by atoms with Crippen LogP contribution in [-0.2, 0) is 0 Å². The number of nitrogens with one attached hydrogen (secondary N) is 1. The number of pyridine rings is 1. The first-order chi connectivity index (χ1) is 13.2. The minimum absolute atomic E-state index is 0.139. The zero-order chi connectivity index (χ0) is 19.1. The van der Waals surface area contributed by atoms with E-state index >= 15 is 0 Å². The quantitative estimate of drug-likeness (QED) is 0.760. The molecule has 0 unspecified atom stereocenters. The molecule has 6 heteroatoms. The van der Waals surface area contributed by atoms with E-state index in [1.807, 2.05) is 36.4 Å². The Balaban J connectivity index is 1.42. The molecule has 27 heavy (non-hydrogen) atoms. The summed E-state index contributed by atoms with van der Waals surface area (Å²) in [6.07, 6.45) is 4.03. The average Bonchev–Trinajstić information content (AvgIpc) is 2.72. The van der Waals surface area contributed by atoms with E-state index in [0.29, 0.717) is 18.7 Å². The second kappa shape index (κ2) is 9.26. The van der Waals surface area contributed by atoms with E-state index in [4.69, 9.17) is 9.47 Å². The molecule has 0 saturated carbocycles. The van der Waals surface area contributed by atoms with Gasteiger partial charge < -0.3 is 19.7 Å². The van der Waals surface area contributed by atoms with E-state index in [9.17, 15) is 4.79 Å². The van der Waals surface area contributed by atoms with Gasteiger partial charge in [0.2, 0.25) is 0 Å². The third kappa shape index (κ3) is 5.36. The fourth-order valence-corrected chi connectivity index (χ4v) is 3.05. The lowest BCUT2D eigenvalue weighted by Gasteiger charge is -2.31. The van der Waals surface area contributed by atoms with Crippen molar-refractivity contribution >= 4 is 11.7 Å². The van der Waals surface area contributed by atoms with Crippen molar-refractivity contribution in [1.29, 1.82) is 0 Å². The molecule has 2 aromatic rings. The lowest BCUT2D eigenvalue weighted by atomic mass is 9.99. The Morgan fingerprint density at radius 1 is 1.15 bits per heavy atom.